The van der Waals surface area contributed by atoms with Crippen LogP contribution in [0.4, 0.5) is 10.1 Å². The van der Waals surface area contributed by atoms with Crippen molar-refractivity contribution < 1.29 is 22.4 Å². The number of rotatable bonds is 11. The average Bonchev–Trinajstić information content (AvgIpc) is 2.91. The van der Waals surface area contributed by atoms with Crippen LogP contribution in [0.5, 0.6) is 0 Å². The number of carbonyl (C=O) groups is 2. The van der Waals surface area contributed by atoms with E-state index in [0.29, 0.717) is 17.7 Å². The number of nitrogens with zero attached hydrogens (tertiary/aromatic N) is 2. The molecule has 0 fully saturated rings. The predicted octanol–water partition coefficient (Wildman–Crippen LogP) is 5.28. The van der Waals surface area contributed by atoms with Gasteiger partial charge in [0.15, 0.2) is 0 Å². The molecule has 0 bridgehead atoms. The quantitative estimate of drug-likeness (QED) is 0.342. The van der Waals surface area contributed by atoms with Crippen LogP contribution in [-0.4, -0.2) is 43.8 Å². The number of hydrogen-bond acceptors (Lipinski definition) is 4. The van der Waals surface area contributed by atoms with Gasteiger partial charge in [0.1, 0.15) is 18.4 Å². The molecule has 0 aliphatic rings. The lowest BCUT2D eigenvalue weighted by molar-refractivity contribution is -0.139. The summed E-state index contributed by atoms with van der Waals surface area (Å²) in [5.41, 5.74) is 3.08. The average molecular weight is 568 g/mol. The van der Waals surface area contributed by atoms with Gasteiger partial charge in [-0.05, 0) is 70.9 Å². The molecular formula is C31H38FN3O4S. The van der Waals surface area contributed by atoms with Crippen molar-refractivity contribution in [1.29, 1.82) is 0 Å². The number of benzene rings is 3. The van der Waals surface area contributed by atoms with E-state index < -0.39 is 40.2 Å². The Kier molecular flexibility index (Phi) is 10.1. The normalized spacial score (nSPS) is 12.9. The van der Waals surface area contributed by atoms with Gasteiger partial charge >= 0.3 is 0 Å². The molecule has 0 saturated carbocycles. The molecule has 9 heteroatoms. The SMILES string of the molecule is CCC(C)NC(=O)C(C)N(Cc1ccccc1F)C(=O)CN(c1ccc(C)cc1C)S(=O)(=O)c1ccc(C)cc1. The molecule has 40 heavy (non-hydrogen) atoms. The van der Waals surface area contributed by atoms with Crippen LogP contribution in [0.2, 0.25) is 0 Å². The van der Waals surface area contributed by atoms with Crippen LogP contribution < -0.4 is 9.62 Å². The molecule has 0 aliphatic heterocycles. The van der Waals surface area contributed by atoms with Crippen molar-refractivity contribution in [2.45, 2.75) is 71.5 Å². The molecule has 1 N–H and O–H groups in total. The molecule has 2 unspecified atom stereocenters. The summed E-state index contributed by atoms with van der Waals surface area (Å²) in [6.07, 6.45) is 0.689. The van der Waals surface area contributed by atoms with Gasteiger partial charge in [-0.25, -0.2) is 12.8 Å². The van der Waals surface area contributed by atoms with Crippen molar-refractivity contribution in [3.05, 3.63) is 94.8 Å². The van der Waals surface area contributed by atoms with Gasteiger partial charge < -0.3 is 10.2 Å². The molecule has 2 atom stereocenters. The van der Waals surface area contributed by atoms with E-state index in [1.165, 1.54) is 23.1 Å². The van der Waals surface area contributed by atoms with Crippen LogP contribution in [-0.2, 0) is 26.2 Å². The van der Waals surface area contributed by atoms with Crippen molar-refractivity contribution in [2.75, 3.05) is 10.8 Å². The molecule has 3 aromatic carbocycles. The first-order valence-electron chi connectivity index (χ1n) is 13.3. The summed E-state index contributed by atoms with van der Waals surface area (Å²) >= 11 is 0. The summed E-state index contributed by atoms with van der Waals surface area (Å²) in [5, 5.41) is 2.87. The molecule has 0 aromatic heterocycles. The molecule has 2 amide bonds. The van der Waals surface area contributed by atoms with Crippen molar-refractivity contribution in [2.24, 2.45) is 0 Å². The Balaban J connectivity index is 2.07. The van der Waals surface area contributed by atoms with E-state index in [0.717, 1.165) is 15.4 Å². The molecule has 7 nitrogen and oxygen atoms in total. The van der Waals surface area contributed by atoms with Gasteiger partial charge in [-0.15, -0.1) is 0 Å². The summed E-state index contributed by atoms with van der Waals surface area (Å²) in [6.45, 7) is 10.1. The Morgan fingerprint density at radius 1 is 0.925 bits per heavy atom. The number of halogens is 1. The smallest absolute Gasteiger partial charge is 0.264 e. The number of carbonyl (C=O) groups excluding carboxylic acids is 2. The third-order valence-electron chi connectivity index (χ3n) is 6.98. The maximum atomic E-state index is 14.7. The molecule has 3 rings (SSSR count). The summed E-state index contributed by atoms with van der Waals surface area (Å²) in [5.74, 6) is -1.56. The van der Waals surface area contributed by atoms with E-state index in [-0.39, 0.29) is 23.0 Å². The van der Waals surface area contributed by atoms with Crippen LogP contribution in [0.25, 0.3) is 0 Å². The second kappa shape index (κ2) is 13.1. The van der Waals surface area contributed by atoms with Gasteiger partial charge in [0.25, 0.3) is 10.0 Å². The summed E-state index contributed by atoms with van der Waals surface area (Å²) < 4.78 is 43.6. The van der Waals surface area contributed by atoms with Crippen molar-refractivity contribution in [1.82, 2.24) is 10.2 Å². The minimum absolute atomic E-state index is 0.0362. The summed E-state index contributed by atoms with van der Waals surface area (Å²) in [6, 6.07) is 16.6. The van der Waals surface area contributed by atoms with Crippen LogP contribution >= 0.6 is 0 Å². The molecular weight excluding hydrogens is 529 g/mol. The Morgan fingerprint density at radius 2 is 1.55 bits per heavy atom. The standard InChI is InChI=1S/C31H38FN3O4S/c1-7-24(5)33-31(37)25(6)34(19-26-10-8-9-11-28(26)32)30(36)20-35(29-17-14-22(3)18-23(29)4)40(38,39)27-15-12-21(2)13-16-27/h8-18,24-25H,7,19-20H2,1-6H3,(H,33,37). The largest absolute Gasteiger partial charge is 0.352 e. The van der Waals surface area contributed by atoms with Crippen LogP contribution in [0, 0.1) is 26.6 Å². The Morgan fingerprint density at radius 3 is 2.15 bits per heavy atom. The number of aryl methyl sites for hydroxylation is 3. The highest BCUT2D eigenvalue weighted by molar-refractivity contribution is 7.92. The lowest BCUT2D eigenvalue weighted by atomic mass is 10.1. The molecule has 214 valence electrons. The van der Waals surface area contributed by atoms with Gasteiger partial charge in [0, 0.05) is 18.2 Å². The van der Waals surface area contributed by atoms with Crippen LogP contribution in [0.3, 0.4) is 0 Å². The Bertz CT molecular complexity index is 1460. The Hall–Kier alpha value is -3.72. The van der Waals surface area contributed by atoms with Crippen molar-refractivity contribution in [3.63, 3.8) is 0 Å². The van der Waals surface area contributed by atoms with E-state index in [1.54, 1.807) is 56.3 Å². The number of amides is 2. The molecule has 0 radical (unpaired) electrons. The molecule has 0 saturated heterocycles. The van der Waals surface area contributed by atoms with Crippen molar-refractivity contribution in [3.8, 4) is 0 Å². The zero-order chi connectivity index (χ0) is 29.6. The first-order valence-corrected chi connectivity index (χ1v) is 14.8. The highest BCUT2D eigenvalue weighted by Crippen LogP contribution is 2.28. The van der Waals surface area contributed by atoms with Gasteiger partial charge in [0.2, 0.25) is 11.8 Å². The lowest BCUT2D eigenvalue weighted by Crippen LogP contribution is -2.52. The summed E-state index contributed by atoms with van der Waals surface area (Å²) in [4.78, 5) is 28.3. The summed E-state index contributed by atoms with van der Waals surface area (Å²) in [7, 11) is -4.17. The van der Waals surface area contributed by atoms with Gasteiger partial charge in [-0.3, -0.25) is 13.9 Å². The second-order valence-electron chi connectivity index (χ2n) is 10.2. The van der Waals surface area contributed by atoms with Crippen molar-refractivity contribution >= 4 is 27.5 Å². The van der Waals surface area contributed by atoms with E-state index in [4.69, 9.17) is 0 Å². The van der Waals surface area contributed by atoms with E-state index in [2.05, 4.69) is 5.32 Å². The monoisotopic (exact) mass is 567 g/mol. The van der Waals surface area contributed by atoms with Crippen LogP contribution in [0.15, 0.2) is 71.6 Å². The fourth-order valence-corrected chi connectivity index (χ4v) is 5.77. The highest BCUT2D eigenvalue weighted by Gasteiger charge is 2.33. The molecule has 0 spiro atoms. The van der Waals surface area contributed by atoms with E-state index in [1.807, 2.05) is 33.8 Å². The number of nitrogens with one attached hydrogen (secondary N) is 1. The first kappa shape index (κ1) is 30.8. The fourth-order valence-electron chi connectivity index (χ4n) is 4.29. The zero-order valence-corrected chi connectivity index (χ0v) is 24.8. The first-order chi connectivity index (χ1) is 18.8. The fraction of sp³-hybridized carbons (Fsp3) is 0.355. The van der Waals surface area contributed by atoms with E-state index >= 15 is 0 Å². The second-order valence-corrected chi connectivity index (χ2v) is 12.1. The number of hydrogen-bond donors (Lipinski definition) is 1. The lowest BCUT2D eigenvalue weighted by Gasteiger charge is -2.33. The maximum absolute atomic E-state index is 14.7. The zero-order valence-electron chi connectivity index (χ0n) is 23.9. The molecule has 3 aromatic rings. The topological polar surface area (TPSA) is 86.8 Å². The minimum Gasteiger partial charge on any atom is -0.352 e. The Labute approximate surface area is 237 Å². The number of anilines is 1. The molecule has 0 heterocycles. The van der Waals surface area contributed by atoms with Gasteiger partial charge in [-0.2, -0.15) is 0 Å². The third kappa shape index (κ3) is 7.27. The van der Waals surface area contributed by atoms with Gasteiger partial charge in [0.05, 0.1) is 10.6 Å². The molecule has 0 aliphatic carbocycles. The van der Waals surface area contributed by atoms with E-state index in [9.17, 15) is 22.4 Å². The maximum Gasteiger partial charge on any atom is 0.264 e. The van der Waals surface area contributed by atoms with Gasteiger partial charge in [-0.1, -0.05) is 60.5 Å². The third-order valence-corrected chi connectivity index (χ3v) is 8.75. The number of sulfonamides is 1. The predicted molar refractivity (Wildman–Crippen MR) is 156 cm³/mol. The highest BCUT2D eigenvalue weighted by atomic mass is 32.2. The van der Waals surface area contributed by atoms with Crippen LogP contribution in [0.1, 0.15) is 49.4 Å². The minimum atomic E-state index is -4.17.